The van der Waals surface area contributed by atoms with Gasteiger partial charge in [-0.15, -0.1) is 0 Å². The quantitative estimate of drug-likeness (QED) is 0.776. The molecule has 0 radical (unpaired) electrons. The molecule has 3 rings (SSSR count). The summed E-state index contributed by atoms with van der Waals surface area (Å²) < 4.78 is 19.7. The van der Waals surface area contributed by atoms with E-state index in [0.29, 0.717) is 25.3 Å². The molecule has 1 amide bonds. The summed E-state index contributed by atoms with van der Waals surface area (Å²) in [7, 11) is 0. The first-order valence-corrected chi connectivity index (χ1v) is 8.01. The van der Waals surface area contributed by atoms with Crippen molar-refractivity contribution in [3.05, 3.63) is 41.2 Å². The molecule has 0 aromatic carbocycles. The molecule has 1 aliphatic heterocycles. The number of rotatable bonds is 5. The number of aromatic amines is 1. The third kappa shape index (κ3) is 3.60. The fourth-order valence-electron chi connectivity index (χ4n) is 2.54. The average Bonchev–Trinajstić information content (AvgIpc) is 2.98. The van der Waals surface area contributed by atoms with Gasteiger partial charge < -0.3 is 15.4 Å². The summed E-state index contributed by atoms with van der Waals surface area (Å²) in [6.07, 6.45) is 2.69. The van der Waals surface area contributed by atoms with Crippen LogP contribution in [0.4, 0.5) is 10.1 Å². The van der Waals surface area contributed by atoms with Crippen LogP contribution < -0.4 is 10.6 Å². The molecule has 128 valence electrons. The molecular formula is C16H20FN5O2. The van der Waals surface area contributed by atoms with Crippen molar-refractivity contribution in [1.82, 2.24) is 20.5 Å². The van der Waals surface area contributed by atoms with E-state index in [4.69, 9.17) is 4.74 Å². The summed E-state index contributed by atoms with van der Waals surface area (Å²) in [5.41, 5.74) is 1.39. The van der Waals surface area contributed by atoms with Crippen LogP contribution in [0.25, 0.3) is 0 Å². The normalized spacial score (nSPS) is 17.7. The maximum Gasteiger partial charge on any atom is 0.276 e. The zero-order valence-corrected chi connectivity index (χ0v) is 13.4. The Balaban J connectivity index is 1.66. The second-order valence-electron chi connectivity index (χ2n) is 5.60. The van der Waals surface area contributed by atoms with Gasteiger partial charge in [0.1, 0.15) is 6.10 Å². The van der Waals surface area contributed by atoms with Gasteiger partial charge in [0, 0.05) is 13.1 Å². The highest BCUT2D eigenvalue weighted by Crippen LogP contribution is 2.19. The Morgan fingerprint density at radius 2 is 2.38 bits per heavy atom. The van der Waals surface area contributed by atoms with Crippen molar-refractivity contribution in [2.24, 2.45) is 0 Å². The Hall–Kier alpha value is -2.32. The van der Waals surface area contributed by atoms with Crippen molar-refractivity contribution < 1.29 is 13.9 Å². The van der Waals surface area contributed by atoms with Crippen molar-refractivity contribution in [2.75, 3.05) is 25.0 Å². The summed E-state index contributed by atoms with van der Waals surface area (Å²) in [5, 5.41) is 12.1. The molecule has 2 aromatic rings. The number of aryl methyl sites for hydroxylation is 1. The monoisotopic (exact) mass is 333 g/mol. The number of nitrogens with one attached hydrogen (secondary N) is 3. The van der Waals surface area contributed by atoms with Gasteiger partial charge in [-0.05, 0) is 18.6 Å². The first-order valence-electron chi connectivity index (χ1n) is 8.01. The van der Waals surface area contributed by atoms with Crippen molar-refractivity contribution in [1.29, 1.82) is 0 Å². The number of carbonyl (C=O) groups excluding carboxylic acids is 1. The van der Waals surface area contributed by atoms with Gasteiger partial charge in [0.2, 0.25) is 0 Å². The van der Waals surface area contributed by atoms with Gasteiger partial charge in [0.05, 0.1) is 29.9 Å². The lowest BCUT2D eigenvalue weighted by atomic mass is 10.2. The third-order valence-electron chi connectivity index (χ3n) is 3.79. The molecular weight excluding hydrogens is 313 g/mol. The maximum absolute atomic E-state index is 14.1. The van der Waals surface area contributed by atoms with Gasteiger partial charge in [-0.3, -0.25) is 14.9 Å². The molecule has 1 unspecified atom stereocenters. The van der Waals surface area contributed by atoms with Gasteiger partial charge in [-0.1, -0.05) is 13.3 Å². The van der Waals surface area contributed by atoms with E-state index in [0.717, 1.165) is 18.7 Å². The smallest absolute Gasteiger partial charge is 0.276 e. The summed E-state index contributed by atoms with van der Waals surface area (Å²) in [5.74, 6) is -1.17. The molecule has 1 fully saturated rings. The van der Waals surface area contributed by atoms with E-state index in [2.05, 4.69) is 25.8 Å². The first-order chi connectivity index (χ1) is 11.7. The Labute approximate surface area is 139 Å². The standard InChI is InChI=1S/C16H20FN5O2/c1-2-3-12-14(17)15(22-21-12)16(23)20-10-4-5-11(19-8-10)13-9-18-6-7-24-13/h4-5,8,13,18H,2-3,6-7,9H2,1H3,(H,20,23)(H,21,22). The largest absolute Gasteiger partial charge is 0.369 e. The summed E-state index contributed by atoms with van der Waals surface area (Å²) in [6, 6.07) is 3.51. The molecule has 0 saturated carbocycles. The Bertz CT molecular complexity index is 695. The Morgan fingerprint density at radius 1 is 1.50 bits per heavy atom. The summed E-state index contributed by atoms with van der Waals surface area (Å²) >= 11 is 0. The van der Waals surface area contributed by atoms with Crippen LogP contribution in [-0.4, -0.2) is 40.8 Å². The minimum absolute atomic E-state index is 0.0924. The maximum atomic E-state index is 14.1. The number of hydrogen-bond acceptors (Lipinski definition) is 5. The lowest BCUT2D eigenvalue weighted by Crippen LogP contribution is -2.33. The van der Waals surface area contributed by atoms with E-state index in [1.54, 1.807) is 12.1 Å². The lowest BCUT2D eigenvalue weighted by Gasteiger charge is -2.23. The molecule has 1 atom stereocenters. The number of anilines is 1. The molecule has 0 aliphatic carbocycles. The van der Waals surface area contributed by atoms with Crippen molar-refractivity contribution >= 4 is 11.6 Å². The number of morpholine rings is 1. The summed E-state index contributed by atoms with van der Waals surface area (Å²) in [4.78, 5) is 16.5. The van der Waals surface area contributed by atoms with Crippen LogP contribution in [-0.2, 0) is 11.2 Å². The minimum atomic E-state index is -0.597. The second kappa shape index (κ2) is 7.50. The van der Waals surface area contributed by atoms with E-state index >= 15 is 0 Å². The van der Waals surface area contributed by atoms with Crippen LogP contribution >= 0.6 is 0 Å². The van der Waals surface area contributed by atoms with Crippen LogP contribution in [0.2, 0.25) is 0 Å². The van der Waals surface area contributed by atoms with Crippen LogP contribution in [0, 0.1) is 5.82 Å². The van der Waals surface area contributed by atoms with E-state index in [9.17, 15) is 9.18 Å². The van der Waals surface area contributed by atoms with Crippen molar-refractivity contribution in [3.63, 3.8) is 0 Å². The molecule has 0 bridgehead atoms. The van der Waals surface area contributed by atoms with E-state index in [1.165, 1.54) is 6.20 Å². The minimum Gasteiger partial charge on any atom is -0.369 e. The number of pyridine rings is 1. The number of amides is 1. The Kier molecular flexibility index (Phi) is 5.17. The van der Waals surface area contributed by atoms with Crippen LogP contribution in [0.1, 0.15) is 41.3 Å². The molecule has 2 aromatic heterocycles. The fourth-order valence-corrected chi connectivity index (χ4v) is 2.54. The molecule has 7 nitrogen and oxygen atoms in total. The molecule has 3 N–H and O–H groups in total. The number of H-pyrrole nitrogens is 1. The lowest BCUT2D eigenvalue weighted by molar-refractivity contribution is 0.0250. The van der Waals surface area contributed by atoms with E-state index in [-0.39, 0.29) is 17.5 Å². The SMILES string of the molecule is CCCc1n[nH]c(C(=O)Nc2ccc(C3CNCCO3)nc2)c1F. The fraction of sp³-hybridized carbons (Fsp3) is 0.438. The topological polar surface area (TPSA) is 91.9 Å². The average molecular weight is 333 g/mol. The van der Waals surface area contributed by atoms with E-state index < -0.39 is 11.7 Å². The number of ether oxygens (including phenoxy) is 1. The van der Waals surface area contributed by atoms with Crippen LogP contribution in [0.5, 0.6) is 0 Å². The molecule has 1 aliphatic rings. The first kappa shape index (κ1) is 16.5. The molecule has 0 spiro atoms. The predicted octanol–water partition coefficient (Wildman–Crippen LogP) is 1.81. The second-order valence-corrected chi connectivity index (χ2v) is 5.60. The number of nitrogens with zero attached hydrogens (tertiary/aromatic N) is 2. The van der Waals surface area contributed by atoms with Gasteiger partial charge >= 0.3 is 0 Å². The van der Waals surface area contributed by atoms with Crippen LogP contribution in [0.15, 0.2) is 18.3 Å². The van der Waals surface area contributed by atoms with Crippen molar-refractivity contribution in [2.45, 2.75) is 25.9 Å². The van der Waals surface area contributed by atoms with Gasteiger partial charge in [-0.2, -0.15) is 5.10 Å². The molecule has 3 heterocycles. The molecule has 8 heteroatoms. The van der Waals surface area contributed by atoms with Gasteiger partial charge in [-0.25, -0.2) is 4.39 Å². The zero-order chi connectivity index (χ0) is 16.9. The highest BCUT2D eigenvalue weighted by Gasteiger charge is 2.20. The summed E-state index contributed by atoms with van der Waals surface area (Å²) in [6.45, 7) is 4.11. The van der Waals surface area contributed by atoms with Crippen LogP contribution in [0.3, 0.4) is 0 Å². The highest BCUT2D eigenvalue weighted by atomic mass is 19.1. The highest BCUT2D eigenvalue weighted by molar-refractivity contribution is 6.03. The number of hydrogen-bond donors (Lipinski definition) is 3. The zero-order valence-electron chi connectivity index (χ0n) is 13.4. The number of carbonyl (C=O) groups is 1. The Morgan fingerprint density at radius 3 is 3.04 bits per heavy atom. The van der Waals surface area contributed by atoms with Crippen molar-refractivity contribution in [3.8, 4) is 0 Å². The molecule has 1 saturated heterocycles. The third-order valence-corrected chi connectivity index (χ3v) is 3.79. The van der Waals surface area contributed by atoms with Gasteiger partial charge in [0.25, 0.3) is 5.91 Å². The van der Waals surface area contributed by atoms with E-state index in [1.807, 2.05) is 6.92 Å². The number of halogens is 1. The molecule has 24 heavy (non-hydrogen) atoms. The van der Waals surface area contributed by atoms with Gasteiger partial charge in [0.15, 0.2) is 11.5 Å². The predicted molar refractivity (Wildman–Crippen MR) is 86.3 cm³/mol. The number of aromatic nitrogens is 3.